The van der Waals surface area contributed by atoms with Crippen LogP contribution < -0.4 is 5.73 Å². The van der Waals surface area contributed by atoms with Crippen molar-refractivity contribution in [1.82, 2.24) is 9.97 Å². The molecule has 174 valence electrons. The van der Waals surface area contributed by atoms with Gasteiger partial charge >= 0.3 is 5.97 Å². The molecule has 0 fully saturated rings. The van der Waals surface area contributed by atoms with Crippen molar-refractivity contribution in [3.8, 4) is 0 Å². The zero-order valence-corrected chi connectivity index (χ0v) is 20.0. The number of ether oxygens (including phenoxy) is 1. The van der Waals surface area contributed by atoms with Gasteiger partial charge in [-0.2, -0.15) is 0 Å². The Balaban J connectivity index is 0.000000186. The Morgan fingerprint density at radius 1 is 0.788 bits per heavy atom. The molecule has 33 heavy (non-hydrogen) atoms. The highest BCUT2D eigenvalue weighted by atomic mass is 16.5. The molecule has 2 heterocycles. The normalized spacial score (nSPS) is 11.8. The van der Waals surface area contributed by atoms with E-state index in [1.54, 1.807) is 36.4 Å². The second-order valence-electron chi connectivity index (χ2n) is 9.70. The van der Waals surface area contributed by atoms with E-state index in [0.29, 0.717) is 45.1 Å². The molecule has 8 nitrogen and oxygen atoms in total. The van der Waals surface area contributed by atoms with Crippen LogP contribution in [-0.4, -0.2) is 29.0 Å². The van der Waals surface area contributed by atoms with Gasteiger partial charge in [-0.3, -0.25) is 4.79 Å². The van der Waals surface area contributed by atoms with Crippen LogP contribution in [0, 0.1) is 0 Å². The second-order valence-corrected chi connectivity index (χ2v) is 9.70. The zero-order chi connectivity index (χ0) is 24.6. The fourth-order valence-electron chi connectivity index (χ4n) is 3.01. The molecule has 8 heteroatoms. The van der Waals surface area contributed by atoms with Crippen molar-refractivity contribution < 1.29 is 23.2 Å². The number of oxazole rings is 2. The molecule has 0 aliphatic rings. The maximum atomic E-state index is 11.6. The molecule has 1 amide bonds. The summed E-state index contributed by atoms with van der Waals surface area (Å²) in [5.74, 6) is 0.337. The summed E-state index contributed by atoms with van der Waals surface area (Å²) < 4.78 is 16.0. The van der Waals surface area contributed by atoms with Gasteiger partial charge in [0.25, 0.3) is 5.91 Å². The highest BCUT2D eigenvalue weighted by molar-refractivity contribution is 6.03. The lowest BCUT2D eigenvalue weighted by Crippen LogP contribution is -2.13. The second kappa shape index (κ2) is 8.69. The van der Waals surface area contributed by atoms with Gasteiger partial charge in [0.05, 0.1) is 18.2 Å². The number of hydrogen-bond acceptors (Lipinski definition) is 7. The fraction of sp³-hybridized carbons (Fsp3) is 0.360. The average Bonchev–Trinajstić information content (AvgIpc) is 3.37. The lowest BCUT2D eigenvalue weighted by Gasteiger charge is -2.11. The van der Waals surface area contributed by atoms with Crippen LogP contribution in [0.25, 0.3) is 22.2 Å². The van der Waals surface area contributed by atoms with Crippen LogP contribution >= 0.6 is 0 Å². The van der Waals surface area contributed by atoms with Crippen molar-refractivity contribution in [3.05, 3.63) is 59.3 Å². The molecular formula is C25H29N3O5. The van der Waals surface area contributed by atoms with Crippen LogP contribution in [-0.2, 0) is 15.6 Å². The topological polar surface area (TPSA) is 121 Å². The molecule has 0 radical (unpaired) electrons. The highest BCUT2D eigenvalue weighted by Gasteiger charge is 2.24. The minimum absolute atomic E-state index is 0.187. The Labute approximate surface area is 192 Å². The number of rotatable bonds is 2. The molecule has 0 saturated carbocycles. The van der Waals surface area contributed by atoms with Crippen LogP contribution in [0.1, 0.15) is 74.0 Å². The number of para-hydroxylation sites is 2. The summed E-state index contributed by atoms with van der Waals surface area (Å²) in [6.45, 7) is 12.0. The minimum Gasteiger partial charge on any atom is -0.465 e. The molecule has 0 unspecified atom stereocenters. The summed E-state index contributed by atoms with van der Waals surface area (Å²) in [7, 11) is 1.35. The summed E-state index contributed by atoms with van der Waals surface area (Å²) in [5, 5.41) is 0. The lowest BCUT2D eigenvalue weighted by atomic mass is 9.97. The average molecular weight is 452 g/mol. The number of carbonyl (C=O) groups is 2. The number of methoxy groups -OCH3 is 1. The standard InChI is InChI=1S/C13H15NO3.C12H14N2O2/c1-13(2,3)12-14-10-8(11(15)16-4)6-5-7-9(10)17-12;1-12(2,3)11-14-9-7(10(13)15)5-4-6-8(9)16-11/h5-7H,1-4H3;4-6H,1-3H3,(H2,13,15). The van der Waals surface area contributed by atoms with Crippen molar-refractivity contribution in [2.45, 2.75) is 52.4 Å². The van der Waals surface area contributed by atoms with E-state index in [4.69, 9.17) is 19.3 Å². The first-order valence-electron chi connectivity index (χ1n) is 10.5. The smallest absolute Gasteiger partial charge is 0.340 e. The van der Waals surface area contributed by atoms with Gasteiger partial charge in [-0.05, 0) is 24.3 Å². The number of amides is 1. The molecule has 2 aromatic heterocycles. The van der Waals surface area contributed by atoms with Gasteiger partial charge in [-0.25, -0.2) is 14.8 Å². The predicted molar refractivity (Wildman–Crippen MR) is 125 cm³/mol. The molecular weight excluding hydrogens is 422 g/mol. The van der Waals surface area contributed by atoms with Crippen molar-refractivity contribution in [1.29, 1.82) is 0 Å². The first kappa shape index (κ1) is 24.0. The first-order chi connectivity index (χ1) is 15.3. The van der Waals surface area contributed by atoms with Gasteiger partial charge in [-0.1, -0.05) is 53.7 Å². The Kier molecular flexibility index (Phi) is 6.31. The summed E-state index contributed by atoms with van der Waals surface area (Å²) >= 11 is 0. The Bertz CT molecular complexity index is 1320. The SMILES string of the molecule is CC(C)(C)c1nc2c(C(N)=O)cccc2o1.COC(=O)c1cccc2oc(C(C)(C)C)nc12. The predicted octanol–water partition coefficient (Wildman–Crippen LogP) is 5.14. The summed E-state index contributed by atoms with van der Waals surface area (Å²) in [5.41, 5.74) is 8.05. The molecule has 0 spiro atoms. The van der Waals surface area contributed by atoms with E-state index in [-0.39, 0.29) is 10.8 Å². The molecule has 0 aliphatic carbocycles. The fourth-order valence-corrected chi connectivity index (χ4v) is 3.01. The van der Waals surface area contributed by atoms with E-state index in [0.717, 1.165) is 0 Å². The van der Waals surface area contributed by atoms with Crippen LogP contribution in [0.4, 0.5) is 0 Å². The van der Waals surface area contributed by atoms with Crippen LogP contribution in [0.2, 0.25) is 0 Å². The van der Waals surface area contributed by atoms with Crippen LogP contribution in [0.3, 0.4) is 0 Å². The number of nitrogens with zero attached hydrogens (tertiary/aromatic N) is 2. The maximum absolute atomic E-state index is 11.6. The Morgan fingerprint density at radius 2 is 1.21 bits per heavy atom. The van der Waals surface area contributed by atoms with Gasteiger partial charge in [0.1, 0.15) is 11.0 Å². The van der Waals surface area contributed by atoms with Crippen molar-refractivity contribution in [2.24, 2.45) is 5.73 Å². The quantitative estimate of drug-likeness (QED) is 0.419. The highest BCUT2D eigenvalue weighted by Crippen LogP contribution is 2.28. The third kappa shape index (κ3) is 5.05. The van der Waals surface area contributed by atoms with E-state index in [1.807, 2.05) is 41.5 Å². The van der Waals surface area contributed by atoms with Crippen molar-refractivity contribution >= 4 is 34.1 Å². The zero-order valence-electron chi connectivity index (χ0n) is 20.0. The number of hydrogen-bond donors (Lipinski definition) is 1. The Morgan fingerprint density at radius 3 is 1.61 bits per heavy atom. The van der Waals surface area contributed by atoms with Crippen LogP contribution in [0.15, 0.2) is 45.2 Å². The number of primary amides is 1. The van der Waals surface area contributed by atoms with E-state index >= 15 is 0 Å². The van der Waals surface area contributed by atoms with E-state index < -0.39 is 11.9 Å². The number of esters is 1. The monoisotopic (exact) mass is 451 g/mol. The van der Waals surface area contributed by atoms with Crippen molar-refractivity contribution in [2.75, 3.05) is 7.11 Å². The lowest BCUT2D eigenvalue weighted by molar-refractivity contribution is 0.0602. The molecule has 0 atom stereocenters. The molecule has 0 saturated heterocycles. The third-order valence-electron chi connectivity index (χ3n) is 4.79. The van der Waals surface area contributed by atoms with Crippen LogP contribution in [0.5, 0.6) is 0 Å². The first-order valence-corrected chi connectivity index (χ1v) is 10.5. The van der Waals surface area contributed by atoms with Crippen molar-refractivity contribution in [3.63, 3.8) is 0 Å². The van der Waals surface area contributed by atoms with Gasteiger partial charge in [0.15, 0.2) is 11.2 Å². The molecule has 4 aromatic rings. The molecule has 2 N–H and O–H groups in total. The van der Waals surface area contributed by atoms with E-state index in [9.17, 15) is 9.59 Å². The number of fused-ring (bicyclic) bond motifs is 2. The van der Waals surface area contributed by atoms with Gasteiger partial charge in [0, 0.05) is 10.8 Å². The largest absolute Gasteiger partial charge is 0.465 e. The Hall–Kier alpha value is -3.68. The van der Waals surface area contributed by atoms with Gasteiger partial charge in [0.2, 0.25) is 11.8 Å². The number of nitrogens with two attached hydrogens (primary N) is 1. The molecule has 0 aliphatic heterocycles. The van der Waals surface area contributed by atoms with Gasteiger partial charge in [-0.15, -0.1) is 0 Å². The maximum Gasteiger partial charge on any atom is 0.340 e. The summed E-state index contributed by atoms with van der Waals surface area (Å²) in [6.07, 6.45) is 0. The third-order valence-corrected chi connectivity index (χ3v) is 4.79. The number of benzene rings is 2. The van der Waals surface area contributed by atoms with E-state index in [2.05, 4.69) is 9.97 Å². The molecule has 0 bridgehead atoms. The molecule has 4 rings (SSSR count). The number of aromatic nitrogens is 2. The number of carbonyl (C=O) groups excluding carboxylic acids is 2. The summed E-state index contributed by atoms with van der Waals surface area (Å²) in [4.78, 5) is 31.5. The summed E-state index contributed by atoms with van der Waals surface area (Å²) in [6, 6.07) is 10.4. The van der Waals surface area contributed by atoms with E-state index in [1.165, 1.54) is 7.11 Å². The minimum atomic E-state index is -0.487. The van der Waals surface area contributed by atoms with Gasteiger partial charge < -0.3 is 19.3 Å². The molecule has 2 aromatic carbocycles.